The van der Waals surface area contributed by atoms with Gasteiger partial charge in [-0.2, -0.15) is 0 Å². The molecule has 0 heterocycles. The molecule has 0 aliphatic heterocycles. The highest BCUT2D eigenvalue weighted by atomic mass is 35.5. The zero-order valence-corrected chi connectivity index (χ0v) is 12.2. The average molecular weight is 286 g/mol. The number of benzene rings is 1. The van der Waals surface area contributed by atoms with Crippen LogP contribution in [0.4, 0.5) is 5.69 Å². The van der Waals surface area contributed by atoms with E-state index in [9.17, 15) is 4.79 Å². The summed E-state index contributed by atoms with van der Waals surface area (Å²) in [5.41, 5.74) is 0.713. The number of nitrogens with one attached hydrogen (secondary N) is 1. The maximum atomic E-state index is 12.0. The highest BCUT2D eigenvalue weighted by molar-refractivity contribution is 6.33. The first kappa shape index (κ1) is 15.8. The average Bonchev–Trinajstić information content (AvgIpc) is 2.38. The third-order valence-electron chi connectivity index (χ3n) is 2.72. The van der Waals surface area contributed by atoms with Crippen LogP contribution in [0.5, 0.6) is 0 Å². The van der Waals surface area contributed by atoms with E-state index in [-0.39, 0.29) is 11.9 Å². The molecular formula is C14H20ClNO3. The Morgan fingerprint density at radius 3 is 2.68 bits per heavy atom. The van der Waals surface area contributed by atoms with E-state index in [2.05, 4.69) is 5.32 Å². The zero-order valence-electron chi connectivity index (χ0n) is 11.5. The summed E-state index contributed by atoms with van der Waals surface area (Å²) < 4.78 is 10.2. The molecule has 0 aliphatic carbocycles. The minimum absolute atomic E-state index is 0.0275. The summed E-state index contributed by atoms with van der Waals surface area (Å²) in [5, 5.41) is 3.70. The molecule has 19 heavy (non-hydrogen) atoms. The summed E-state index contributed by atoms with van der Waals surface area (Å²) in [6.07, 6.45) is 0. The molecule has 2 unspecified atom stereocenters. The number of esters is 1. The predicted molar refractivity (Wildman–Crippen MR) is 76.5 cm³/mol. The second-order valence-corrected chi connectivity index (χ2v) is 4.69. The predicted octanol–water partition coefficient (Wildman–Crippen LogP) is 2.97. The molecule has 106 valence electrons. The minimum atomic E-state index is -0.486. The second kappa shape index (κ2) is 8.02. The molecule has 5 heteroatoms. The first-order chi connectivity index (χ1) is 9.10. The fourth-order valence-electron chi connectivity index (χ4n) is 1.77. The van der Waals surface area contributed by atoms with Crippen LogP contribution in [0, 0.1) is 5.92 Å². The lowest BCUT2D eigenvalue weighted by Crippen LogP contribution is -2.39. The second-order valence-electron chi connectivity index (χ2n) is 4.29. The summed E-state index contributed by atoms with van der Waals surface area (Å²) in [7, 11) is 1.61. The molecule has 0 saturated carbocycles. The van der Waals surface area contributed by atoms with Crippen molar-refractivity contribution in [2.24, 2.45) is 5.92 Å². The van der Waals surface area contributed by atoms with Gasteiger partial charge in [0.25, 0.3) is 0 Å². The summed E-state index contributed by atoms with van der Waals surface area (Å²) in [5.74, 6) is -0.327. The Morgan fingerprint density at radius 2 is 2.11 bits per heavy atom. The molecule has 0 bridgehead atoms. The van der Waals surface area contributed by atoms with Crippen LogP contribution >= 0.6 is 11.6 Å². The van der Waals surface area contributed by atoms with Gasteiger partial charge in [0.1, 0.15) is 6.04 Å². The van der Waals surface area contributed by atoms with E-state index in [1.54, 1.807) is 20.1 Å². The molecule has 0 aliphatic rings. The monoisotopic (exact) mass is 285 g/mol. The Balaban J connectivity index is 2.85. The molecule has 0 amide bonds. The van der Waals surface area contributed by atoms with Crippen molar-refractivity contribution < 1.29 is 14.3 Å². The molecule has 0 saturated heterocycles. The Morgan fingerprint density at radius 1 is 1.42 bits per heavy atom. The molecule has 1 rings (SSSR count). The Hall–Kier alpha value is -1.26. The van der Waals surface area contributed by atoms with Crippen molar-refractivity contribution in [1.82, 2.24) is 0 Å². The Kier molecular flexibility index (Phi) is 6.67. The minimum Gasteiger partial charge on any atom is -0.464 e. The van der Waals surface area contributed by atoms with Crippen LogP contribution in [0.25, 0.3) is 0 Å². The molecular weight excluding hydrogens is 266 g/mol. The number of anilines is 1. The van der Waals surface area contributed by atoms with E-state index < -0.39 is 6.04 Å². The Labute approximate surface area is 119 Å². The van der Waals surface area contributed by atoms with E-state index in [1.165, 1.54) is 0 Å². The summed E-state index contributed by atoms with van der Waals surface area (Å²) in [4.78, 5) is 12.0. The lowest BCUT2D eigenvalue weighted by atomic mass is 10.0. The van der Waals surface area contributed by atoms with Crippen molar-refractivity contribution in [2.75, 3.05) is 25.6 Å². The fraction of sp³-hybridized carbons (Fsp3) is 0.500. The normalized spacial score (nSPS) is 13.7. The van der Waals surface area contributed by atoms with Gasteiger partial charge in [0.05, 0.1) is 23.9 Å². The lowest BCUT2D eigenvalue weighted by molar-refractivity contribution is -0.145. The van der Waals surface area contributed by atoms with Crippen LogP contribution in [-0.4, -0.2) is 32.3 Å². The van der Waals surface area contributed by atoms with Gasteiger partial charge in [-0.3, -0.25) is 0 Å². The largest absolute Gasteiger partial charge is 0.464 e. The third-order valence-corrected chi connectivity index (χ3v) is 3.05. The van der Waals surface area contributed by atoms with Crippen LogP contribution in [0.2, 0.25) is 5.02 Å². The number of hydrogen-bond acceptors (Lipinski definition) is 4. The maximum Gasteiger partial charge on any atom is 0.328 e. The van der Waals surface area contributed by atoms with Crippen molar-refractivity contribution in [1.29, 1.82) is 0 Å². The van der Waals surface area contributed by atoms with Crippen LogP contribution in [0.3, 0.4) is 0 Å². The van der Waals surface area contributed by atoms with Gasteiger partial charge >= 0.3 is 5.97 Å². The molecule has 1 aromatic carbocycles. The van der Waals surface area contributed by atoms with Gasteiger partial charge in [0.15, 0.2) is 0 Å². The third kappa shape index (κ3) is 4.73. The van der Waals surface area contributed by atoms with Gasteiger partial charge in [-0.15, -0.1) is 0 Å². The highest BCUT2D eigenvalue weighted by Crippen LogP contribution is 2.23. The van der Waals surface area contributed by atoms with Gasteiger partial charge in [0.2, 0.25) is 0 Å². The molecule has 1 N–H and O–H groups in total. The van der Waals surface area contributed by atoms with Gasteiger partial charge in [0, 0.05) is 13.0 Å². The molecule has 2 atom stereocenters. The topological polar surface area (TPSA) is 47.6 Å². The van der Waals surface area contributed by atoms with Crippen molar-refractivity contribution in [3.63, 3.8) is 0 Å². The van der Waals surface area contributed by atoms with Gasteiger partial charge in [-0.1, -0.05) is 30.7 Å². The maximum absolute atomic E-state index is 12.0. The van der Waals surface area contributed by atoms with Crippen molar-refractivity contribution >= 4 is 23.3 Å². The smallest absolute Gasteiger partial charge is 0.328 e. The number of carbonyl (C=O) groups is 1. The quantitative estimate of drug-likeness (QED) is 0.783. The summed E-state index contributed by atoms with van der Waals surface area (Å²) in [6, 6.07) is 6.81. The first-order valence-electron chi connectivity index (χ1n) is 6.26. The van der Waals surface area contributed by atoms with Crippen molar-refractivity contribution in [3.8, 4) is 0 Å². The number of rotatable bonds is 7. The Bertz CT molecular complexity index is 411. The van der Waals surface area contributed by atoms with Gasteiger partial charge in [-0.05, 0) is 19.1 Å². The zero-order chi connectivity index (χ0) is 14.3. The molecule has 0 fully saturated rings. The molecule has 0 spiro atoms. The van der Waals surface area contributed by atoms with Gasteiger partial charge < -0.3 is 14.8 Å². The van der Waals surface area contributed by atoms with E-state index in [1.807, 2.05) is 25.1 Å². The summed E-state index contributed by atoms with van der Waals surface area (Å²) in [6.45, 7) is 4.51. The molecule has 1 aromatic rings. The van der Waals surface area contributed by atoms with Crippen molar-refractivity contribution in [3.05, 3.63) is 29.3 Å². The highest BCUT2D eigenvalue weighted by Gasteiger charge is 2.26. The van der Waals surface area contributed by atoms with Gasteiger partial charge in [-0.25, -0.2) is 4.79 Å². The number of hydrogen-bond donors (Lipinski definition) is 1. The fourth-order valence-corrected chi connectivity index (χ4v) is 1.96. The molecule has 4 nitrogen and oxygen atoms in total. The molecule has 0 aromatic heterocycles. The number of carbonyl (C=O) groups excluding carboxylic acids is 1. The van der Waals surface area contributed by atoms with Crippen LogP contribution < -0.4 is 5.32 Å². The lowest BCUT2D eigenvalue weighted by Gasteiger charge is -2.24. The van der Waals surface area contributed by atoms with Crippen LogP contribution in [0.15, 0.2) is 24.3 Å². The standard InChI is InChI=1S/C14H20ClNO3/c1-4-19-14(17)13(10(2)9-18-3)16-12-8-6-5-7-11(12)15/h5-8,10,13,16H,4,9H2,1-3H3. The number of para-hydroxylation sites is 1. The van der Waals surface area contributed by atoms with E-state index in [0.29, 0.717) is 23.9 Å². The SMILES string of the molecule is CCOC(=O)C(Nc1ccccc1Cl)C(C)COC. The van der Waals surface area contributed by atoms with E-state index >= 15 is 0 Å². The number of halogens is 1. The number of ether oxygens (including phenoxy) is 2. The molecule has 0 radical (unpaired) electrons. The number of methoxy groups -OCH3 is 1. The van der Waals surface area contributed by atoms with Crippen molar-refractivity contribution in [2.45, 2.75) is 19.9 Å². The van der Waals surface area contributed by atoms with E-state index in [4.69, 9.17) is 21.1 Å². The van der Waals surface area contributed by atoms with E-state index in [0.717, 1.165) is 0 Å². The summed E-state index contributed by atoms with van der Waals surface area (Å²) >= 11 is 6.09. The van der Waals surface area contributed by atoms with Crippen LogP contribution in [0.1, 0.15) is 13.8 Å². The first-order valence-corrected chi connectivity index (χ1v) is 6.64. The van der Waals surface area contributed by atoms with Crippen LogP contribution in [-0.2, 0) is 14.3 Å².